The van der Waals surface area contributed by atoms with E-state index >= 15 is 0 Å². The van der Waals surface area contributed by atoms with Crippen LogP contribution >= 0.6 is 12.2 Å². The van der Waals surface area contributed by atoms with E-state index in [4.69, 9.17) is 12.2 Å². The third kappa shape index (κ3) is 4.71. The van der Waals surface area contributed by atoms with Gasteiger partial charge in [-0.3, -0.25) is 4.98 Å². The van der Waals surface area contributed by atoms with E-state index in [9.17, 15) is 0 Å². The number of nitrogens with one attached hydrogen (secondary N) is 1. The molecule has 0 saturated carbocycles. The molecule has 0 bridgehead atoms. The predicted molar refractivity (Wildman–Crippen MR) is 135 cm³/mol. The summed E-state index contributed by atoms with van der Waals surface area (Å²) in [5, 5.41) is 4.40. The van der Waals surface area contributed by atoms with Crippen molar-refractivity contribution in [3.63, 3.8) is 0 Å². The highest BCUT2D eigenvalue weighted by molar-refractivity contribution is 7.80. The quantitative estimate of drug-likeness (QED) is 0.516. The number of nitrogens with zero attached hydrogens (tertiary/aromatic N) is 4. The molecule has 1 aliphatic rings. The number of aryl methyl sites for hydroxylation is 1. The number of hydrogen-bond acceptors (Lipinski definition) is 3. The highest BCUT2D eigenvalue weighted by Crippen LogP contribution is 2.41. The molecule has 2 atom stereocenters. The number of pyridine rings is 1. The van der Waals surface area contributed by atoms with Crippen LogP contribution < -0.4 is 5.32 Å². The molecule has 168 valence electrons. The summed E-state index contributed by atoms with van der Waals surface area (Å²) in [5.74, 6) is 0. The van der Waals surface area contributed by atoms with E-state index in [2.05, 4.69) is 101 Å². The van der Waals surface area contributed by atoms with Gasteiger partial charge in [-0.15, -0.1) is 0 Å². The van der Waals surface area contributed by atoms with E-state index in [0.29, 0.717) is 0 Å². The molecular weight excluding hydrogens is 414 g/mol. The van der Waals surface area contributed by atoms with Gasteiger partial charge in [-0.1, -0.05) is 36.4 Å². The van der Waals surface area contributed by atoms with E-state index in [-0.39, 0.29) is 12.1 Å². The fourth-order valence-corrected chi connectivity index (χ4v) is 5.01. The van der Waals surface area contributed by atoms with Crippen LogP contribution in [0.25, 0.3) is 0 Å². The zero-order valence-electron chi connectivity index (χ0n) is 19.5. The van der Waals surface area contributed by atoms with Gasteiger partial charge in [0.25, 0.3) is 0 Å². The lowest BCUT2D eigenvalue weighted by Gasteiger charge is -2.28. The number of thiocarbonyl (C=S) groups is 1. The van der Waals surface area contributed by atoms with E-state index in [1.54, 1.807) is 0 Å². The van der Waals surface area contributed by atoms with E-state index in [0.717, 1.165) is 36.9 Å². The Bertz CT molecular complexity index is 1040. The molecule has 32 heavy (non-hydrogen) atoms. The monoisotopic (exact) mass is 447 g/mol. The van der Waals surface area contributed by atoms with Crippen LogP contribution in [-0.4, -0.2) is 51.6 Å². The molecule has 3 aromatic rings. The van der Waals surface area contributed by atoms with Crippen LogP contribution in [0.15, 0.2) is 60.8 Å². The molecule has 0 unspecified atom stereocenters. The molecule has 0 amide bonds. The van der Waals surface area contributed by atoms with E-state index < -0.39 is 0 Å². The first-order chi connectivity index (χ1) is 15.5. The van der Waals surface area contributed by atoms with Gasteiger partial charge in [-0.25, -0.2) is 0 Å². The Hall–Kier alpha value is -2.70. The summed E-state index contributed by atoms with van der Waals surface area (Å²) in [4.78, 5) is 9.27. The molecule has 1 saturated heterocycles. The summed E-state index contributed by atoms with van der Waals surface area (Å²) in [6, 6.07) is 19.3. The van der Waals surface area contributed by atoms with Crippen molar-refractivity contribution in [2.45, 2.75) is 38.9 Å². The molecule has 1 aromatic carbocycles. The highest BCUT2D eigenvalue weighted by Gasteiger charge is 2.41. The van der Waals surface area contributed by atoms with Crippen molar-refractivity contribution in [1.29, 1.82) is 0 Å². The minimum Gasteiger partial charge on any atom is -0.352 e. The third-order valence-corrected chi connectivity index (χ3v) is 6.67. The molecule has 1 N–H and O–H groups in total. The molecule has 3 heterocycles. The molecule has 1 fully saturated rings. The van der Waals surface area contributed by atoms with Crippen molar-refractivity contribution < 1.29 is 0 Å². The van der Waals surface area contributed by atoms with Gasteiger partial charge in [0.1, 0.15) is 0 Å². The lowest BCUT2D eigenvalue weighted by molar-refractivity contribution is 0.292. The molecule has 0 radical (unpaired) electrons. The largest absolute Gasteiger partial charge is 0.352 e. The number of hydrogen-bond donors (Lipinski definition) is 1. The summed E-state index contributed by atoms with van der Waals surface area (Å²) < 4.78 is 2.42. The Kier molecular flexibility index (Phi) is 6.92. The van der Waals surface area contributed by atoms with Gasteiger partial charge in [-0.05, 0) is 82.5 Å². The topological polar surface area (TPSA) is 36.3 Å². The maximum atomic E-state index is 5.83. The van der Waals surface area contributed by atoms with Gasteiger partial charge in [0.15, 0.2) is 5.11 Å². The molecule has 4 rings (SSSR count). The van der Waals surface area contributed by atoms with Gasteiger partial charge in [0, 0.05) is 30.7 Å². The maximum absolute atomic E-state index is 5.83. The zero-order valence-corrected chi connectivity index (χ0v) is 20.3. The Morgan fingerprint density at radius 3 is 2.50 bits per heavy atom. The fourth-order valence-electron chi connectivity index (χ4n) is 4.68. The van der Waals surface area contributed by atoms with Crippen LogP contribution in [0.3, 0.4) is 0 Å². The second-order valence-electron chi connectivity index (χ2n) is 8.88. The summed E-state index contributed by atoms with van der Waals surface area (Å²) >= 11 is 5.83. The minimum atomic E-state index is 0.0359. The molecule has 6 heteroatoms. The predicted octanol–water partition coefficient (Wildman–Crippen LogP) is 4.47. The summed E-state index contributed by atoms with van der Waals surface area (Å²) in [6.07, 6.45) is 2.92. The van der Waals surface area contributed by atoms with Crippen molar-refractivity contribution in [1.82, 2.24) is 24.7 Å². The number of rotatable bonds is 8. The molecule has 1 aliphatic heterocycles. The Labute approximate surface area is 197 Å². The second-order valence-corrected chi connectivity index (χ2v) is 9.26. The smallest absolute Gasteiger partial charge is 0.170 e. The fraction of sp³-hybridized carbons (Fsp3) is 0.385. The van der Waals surface area contributed by atoms with Gasteiger partial charge in [0.05, 0.1) is 17.8 Å². The summed E-state index contributed by atoms with van der Waals surface area (Å²) in [5.41, 5.74) is 6.23. The van der Waals surface area contributed by atoms with Crippen LogP contribution in [0.4, 0.5) is 0 Å². The Morgan fingerprint density at radius 2 is 1.81 bits per heavy atom. The Morgan fingerprint density at radius 1 is 1.06 bits per heavy atom. The third-order valence-electron chi connectivity index (χ3n) is 6.32. The highest BCUT2D eigenvalue weighted by atomic mass is 32.1. The standard InChI is InChI=1S/C26H33N5S/c1-19-17-22(20(2)31(19)18-21-11-6-5-7-12-21)25-24(23-13-8-9-14-27-23)28-26(32)30(25)16-10-15-29(3)4/h5-9,11-14,17,24-25H,10,15-16,18H2,1-4H3,(H,28,32)/t24-,25-/m1/s1. The molecule has 5 nitrogen and oxygen atoms in total. The minimum absolute atomic E-state index is 0.0359. The maximum Gasteiger partial charge on any atom is 0.170 e. The second kappa shape index (κ2) is 9.84. The van der Waals surface area contributed by atoms with Crippen molar-refractivity contribution in [3.8, 4) is 0 Å². The SMILES string of the molecule is Cc1cc([C@@H]2[C@@H](c3ccccn3)NC(=S)N2CCCN(C)C)c(C)n1Cc1ccccc1. The lowest BCUT2D eigenvalue weighted by atomic mass is 9.96. The van der Waals surface area contributed by atoms with Crippen molar-refractivity contribution >= 4 is 17.3 Å². The van der Waals surface area contributed by atoms with E-state index in [1.165, 1.54) is 22.5 Å². The van der Waals surface area contributed by atoms with E-state index in [1.807, 2.05) is 12.3 Å². The van der Waals surface area contributed by atoms with Gasteiger partial charge < -0.3 is 19.7 Å². The average molecular weight is 448 g/mol. The zero-order chi connectivity index (χ0) is 22.7. The van der Waals surface area contributed by atoms with Crippen molar-refractivity contribution in [3.05, 3.63) is 89.0 Å². The van der Waals surface area contributed by atoms with Crippen LogP contribution in [0.2, 0.25) is 0 Å². The molecular formula is C26H33N5S. The van der Waals surface area contributed by atoms with Crippen LogP contribution in [0.1, 0.15) is 46.7 Å². The number of benzene rings is 1. The molecule has 0 spiro atoms. The normalized spacial score (nSPS) is 18.4. The molecule has 0 aliphatic carbocycles. The van der Waals surface area contributed by atoms with Crippen LogP contribution in [-0.2, 0) is 6.54 Å². The van der Waals surface area contributed by atoms with Crippen LogP contribution in [0.5, 0.6) is 0 Å². The lowest BCUT2D eigenvalue weighted by Crippen LogP contribution is -2.32. The van der Waals surface area contributed by atoms with Crippen molar-refractivity contribution in [2.75, 3.05) is 27.2 Å². The first-order valence-electron chi connectivity index (χ1n) is 11.3. The van der Waals surface area contributed by atoms with Gasteiger partial charge in [-0.2, -0.15) is 0 Å². The summed E-state index contributed by atoms with van der Waals surface area (Å²) in [7, 11) is 4.23. The number of aromatic nitrogens is 2. The summed E-state index contributed by atoms with van der Waals surface area (Å²) in [6.45, 7) is 7.26. The van der Waals surface area contributed by atoms with Gasteiger partial charge >= 0.3 is 0 Å². The first-order valence-corrected chi connectivity index (χ1v) is 11.7. The Balaban J connectivity index is 1.70. The average Bonchev–Trinajstić information content (AvgIpc) is 3.25. The van der Waals surface area contributed by atoms with Crippen molar-refractivity contribution in [2.24, 2.45) is 0 Å². The van der Waals surface area contributed by atoms with Gasteiger partial charge in [0.2, 0.25) is 0 Å². The molecule has 2 aromatic heterocycles. The van der Waals surface area contributed by atoms with Crippen LogP contribution in [0, 0.1) is 13.8 Å². The first kappa shape index (κ1) is 22.5.